The lowest BCUT2D eigenvalue weighted by atomic mass is 10.2. The highest BCUT2D eigenvalue weighted by Crippen LogP contribution is 2.35. The Morgan fingerprint density at radius 2 is 2.05 bits per heavy atom. The number of rotatable bonds is 2. The molecule has 0 spiro atoms. The van der Waals surface area contributed by atoms with E-state index >= 15 is 0 Å². The molecule has 0 amide bonds. The summed E-state index contributed by atoms with van der Waals surface area (Å²) < 4.78 is 37.0. The SMILES string of the molecule is CC1C(N)CCN1S(=O)(=O)c1ccc2c(c1)OCO2. The van der Waals surface area contributed by atoms with E-state index in [1.807, 2.05) is 6.92 Å². The van der Waals surface area contributed by atoms with E-state index in [0.29, 0.717) is 24.5 Å². The molecule has 1 aromatic rings. The third kappa shape index (κ3) is 1.98. The molecular formula is C12H16N2O4S. The number of fused-ring (bicyclic) bond motifs is 1. The minimum absolute atomic E-state index is 0.108. The van der Waals surface area contributed by atoms with Crippen molar-refractivity contribution in [3.05, 3.63) is 18.2 Å². The number of hydrogen-bond donors (Lipinski definition) is 1. The summed E-state index contributed by atoms with van der Waals surface area (Å²) in [5, 5.41) is 0. The maximum Gasteiger partial charge on any atom is 0.243 e. The number of ether oxygens (including phenoxy) is 2. The average Bonchev–Trinajstić information content (AvgIpc) is 2.96. The van der Waals surface area contributed by atoms with Crippen LogP contribution in [0.15, 0.2) is 23.1 Å². The Bertz CT molecular complexity index is 602. The van der Waals surface area contributed by atoms with Gasteiger partial charge in [-0.25, -0.2) is 8.42 Å². The van der Waals surface area contributed by atoms with Gasteiger partial charge in [0.15, 0.2) is 11.5 Å². The summed E-state index contributed by atoms with van der Waals surface area (Å²) in [4.78, 5) is 0.220. The van der Waals surface area contributed by atoms with Crippen molar-refractivity contribution in [2.45, 2.75) is 30.3 Å². The molecule has 6 nitrogen and oxygen atoms in total. The number of benzene rings is 1. The molecule has 2 N–H and O–H groups in total. The van der Waals surface area contributed by atoms with Crippen molar-refractivity contribution >= 4 is 10.0 Å². The summed E-state index contributed by atoms with van der Waals surface area (Å²) >= 11 is 0. The molecule has 104 valence electrons. The Balaban J connectivity index is 1.97. The second-order valence-corrected chi connectivity index (χ2v) is 6.71. The van der Waals surface area contributed by atoms with E-state index in [2.05, 4.69) is 0 Å². The van der Waals surface area contributed by atoms with Gasteiger partial charge in [0, 0.05) is 24.7 Å². The van der Waals surface area contributed by atoms with Crippen LogP contribution in [0.5, 0.6) is 11.5 Å². The zero-order valence-corrected chi connectivity index (χ0v) is 11.4. The second-order valence-electron chi connectivity index (χ2n) is 4.82. The zero-order valence-electron chi connectivity index (χ0n) is 10.6. The van der Waals surface area contributed by atoms with Crippen molar-refractivity contribution in [2.24, 2.45) is 5.73 Å². The van der Waals surface area contributed by atoms with E-state index in [-0.39, 0.29) is 23.8 Å². The fourth-order valence-corrected chi connectivity index (χ4v) is 4.15. The minimum Gasteiger partial charge on any atom is -0.454 e. The van der Waals surface area contributed by atoms with Gasteiger partial charge in [-0.05, 0) is 25.5 Å². The van der Waals surface area contributed by atoms with Crippen LogP contribution in [0.25, 0.3) is 0 Å². The van der Waals surface area contributed by atoms with Crippen LogP contribution < -0.4 is 15.2 Å². The number of hydrogen-bond acceptors (Lipinski definition) is 5. The fraction of sp³-hybridized carbons (Fsp3) is 0.500. The van der Waals surface area contributed by atoms with Crippen LogP contribution in [0, 0.1) is 0 Å². The van der Waals surface area contributed by atoms with E-state index in [9.17, 15) is 8.42 Å². The predicted octanol–water partition coefficient (Wildman–Crippen LogP) is 0.525. The Morgan fingerprint density at radius 3 is 2.74 bits per heavy atom. The van der Waals surface area contributed by atoms with Crippen molar-refractivity contribution in [1.29, 1.82) is 0 Å². The number of sulfonamides is 1. The maximum atomic E-state index is 12.6. The Kier molecular flexibility index (Phi) is 2.92. The predicted molar refractivity (Wildman–Crippen MR) is 68.5 cm³/mol. The van der Waals surface area contributed by atoms with Crippen LogP contribution in [0.2, 0.25) is 0 Å². The summed E-state index contributed by atoms with van der Waals surface area (Å²) in [5.41, 5.74) is 5.88. The highest BCUT2D eigenvalue weighted by molar-refractivity contribution is 7.89. The van der Waals surface area contributed by atoms with Crippen molar-refractivity contribution in [2.75, 3.05) is 13.3 Å². The van der Waals surface area contributed by atoms with E-state index in [0.717, 1.165) is 0 Å². The van der Waals surface area contributed by atoms with Gasteiger partial charge >= 0.3 is 0 Å². The topological polar surface area (TPSA) is 81.9 Å². The Labute approximate surface area is 112 Å². The molecule has 2 aliphatic rings. The van der Waals surface area contributed by atoms with Gasteiger partial charge in [0.25, 0.3) is 0 Å². The summed E-state index contributed by atoms with van der Waals surface area (Å²) in [7, 11) is -3.52. The molecule has 0 saturated carbocycles. The lowest BCUT2D eigenvalue weighted by molar-refractivity contribution is 0.174. The van der Waals surface area contributed by atoms with Crippen LogP contribution in [0.4, 0.5) is 0 Å². The third-order valence-corrected chi connectivity index (χ3v) is 5.69. The van der Waals surface area contributed by atoms with Gasteiger partial charge in [0.05, 0.1) is 4.90 Å². The zero-order chi connectivity index (χ0) is 13.6. The first-order valence-corrected chi connectivity index (χ1v) is 7.61. The molecule has 3 rings (SSSR count). The number of nitrogens with zero attached hydrogens (tertiary/aromatic N) is 1. The number of nitrogens with two attached hydrogens (primary N) is 1. The molecule has 2 aliphatic heterocycles. The lowest BCUT2D eigenvalue weighted by Gasteiger charge is -2.22. The lowest BCUT2D eigenvalue weighted by Crippen LogP contribution is -2.40. The molecule has 2 atom stereocenters. The molecule has 2 heterocycles. The van der Waals surface area contributed by atoms with Crippen LogP contribution in [-0.2, 0) is 10.0 Å². The van der Waals surface area contributed by atoms with E-state index in [4.69, 9.17) is 15.2 Å². The van der Waals surface area contributed by atoms with Gasteiger partial charge < -0.3 is 15.2 Å². The van der Waals surface area contributed by atoms with Crippen molar-refractivity contribution < 1.29 is 17.9 Å². The molecular weight excluding hydrogens is 268 g/mol. The van der Waals surface area contributed by atoms with E-state index in [1.54, 1.807) is 12.1 Å². The third-order valence-electron chi connectivity index (χ3n) is 3.71. The molecule has 19 heavy (non-hydrogen) atoms. The highest BCUT2D eigenvalue weighted by atomic mass is 32.2. The van der Waals surface area contributed by atoms with E-state index < -0.39 is 10.0 Å². The summed E-state index contributed by atoms with van der Waals surface area (Å²) in [6.07, 6.45) is 0.685. The fourth-order valence-electron chi connectivity index (χ4n) is 2.45. The van der Waals surface area contributed by atoms with Crippen LogP contribution in [0.3, 0.4) is 0 Å². The van der Waals surface area contributed by atoms with Crippen LogP contribution in [-0.4, -0.2) is 38.1 Å². The first-order chi connectivity index (χ1) is 9.00. The van der Waals surface area contributed by atoms with Crippen molar-refractivity contribution in [3.63, 3.8) is 0 Å². The van der Waals surface area contributed by atoms with Gasteiger partial charge in [-0.1, -0.05) is 0 Å². The molecule has 7 heteroatoms. The van der Waals surface area contributed by atoms with Crippen molar-refractivity contribution in [1.82, 2.24) is 4.31 Å². The van der Waals surface area contributed by atoms with Gasteiger partial charge in [0.2, 0.25) is 16.8 Å². The van der Waals surface area contributed by atoms with Gasteiger partial charge in [-0.15, -0.1) is 0 Å². The molecule has 0 aromatic heterocycles. The summed E-state index contributed by atoms with van der Waals surface area (Å²) in [5.74, 6) is 1.04. The normalized spacial score (nSPS) is 26.8. The summed E-state index contributed by atoms with van der Waals surface area (Å²) in [6.45, 7) is 2.42. The molecule has 0 bridgehead atoms. The van der Waals surface area contributed by atoms with Crippen LogP contribution >= 0.6 is 0 Å². The van der Waals surface area contributed by atoms with E-state index in [1.165, 1.54) is 10.4 Å². The van der Waals surface area contributed by atoms with Gasteiger partial charge in [-0.3, -0.25) is 0 Å². The molecule has 1 aromatic carbocycles. The van der Waals surface area contributed by atoms with Crippen LogP contribution in [0.1, 0.15) is 13.3 Å². The highest BCUT2D eigenvalue weighted by Gasteiger charge is 2.37. The van der Waals surface area contributed by atoms with Gasteiger partial charge in [0.1, 0.15) is 0 Å². The molecule has 1 saturated heterocycles. The smallest absolute Gasteiger partial charge is 0.243 e. The molecule has 0 aliphatic carbocycles. The molecule has 2 unspecified atom stereocenters. The Morgan fingerprint density at radius 1 is 1.32 bits per heavy atom. The molecule has 0 radical (unpaired) electrons. The standard InChI is InChI=1S/C12H16N2O4S/c1-8-10(13)4-5-14(8)19(15,16)9-2-3-11-12(6-9)18-7-17-11/h2-3,6,8,10H,4-5,7,13H2,1H3. The van der Waals surface area contributed by atoms with Gasteiger partial charge in [-0.2, -0.15) is 4.31 Å². The Hall–Kier alpha value is -1.31. The quantitative estimate of drug-likeness (QED) is 0.856. The minimum atomic E-state index is -3.52. The largest absolute Gasteiger partial charge is 0.454 e. The average molecular weight is 284 g/mol. The first-order valence-electron chi connectivity index (χ1n) is 6.17. The summed E-state index contributed by atoms with van der Waals surface area (Å²) in [6, 6.07) is 4.38. The maximum absolute atomic E-state index is 12.6. The first kappa shape index (κ1) is 12.7. The second kappa shape index (κ2) is 4.36. The van der Waals surface area contributed by atoms with Crippen molar-refractivity contribution in [3.8, 4) is 11.5 Å². The molecule has 1 fully saturated rings. The monoisotopic (exact) mass is 284 g/mol.